The molecule has 0 aliphatic carbocycles. The van der Waals surface area contributed by atoms with E-state index in [9.17, 15) is 9.59 Å². The Morgan fingerprint density at radius 1 is 1.29 bits per heavy atom. The smallest absolute Gasteiger partial charge is 0.310 e. The number of hydrogen-bond donors (Lipinski definition) is 2. The summed E-state index contributed by atoms with van der Waals surface area (Å²) in [4.78, 5) is 22.4. The van der Waals surface area contributed by atoms with Crippen molar-refractivity contribution in [3.8, 4) is 0 Å². The van der Waals surface area contributed by atoms with Crippen LogP contribution < -0.4 is 5.32 Å². The first kappa shape index (κ1) is 13.2. The number of benzene rings is 1. The molecule has 4 heteroatoms. The van der Waals surface area contributed by atoms with E-state index in [1.807, 2.05) is 13.0 Å². The highest BCUT2D eigenvalue weighted by atomic mass is 16.4. The van der Waals surface area contributed by atoms with Gasteiger partial charge in [0.1, 0.15) is 0 Å². The van der Waals surface area contributed by atoms with Gasteiger partial charge in [-0.1, -0.05) is 30.3 Å². The van der Waals surface area contributed by atoms with E-state index in [1.54, 1.807) is 24.3 Å². The van der Waals surface area contributed by atoms with Gasteiger partial charge < -0.3 is 10.4 Å². The molecule has 92 valence electrons. The summed E-state index contributed by atoms with van der Waals surface area (Å²) in [6.45, 7) is 2.41. The quantitative estimate of drug-likeness (QED) is 0.789. The second-order valence-corrected chi connectivity index (χ2v) is 3.79. The normalized spacial score (nSPS) is 11.8. The van der Waals surface area contributed by atoms with Crippen molar-refractivity contribution in [3.63, 3.8) is 0 Å². The van der Waals surface area contributed by atoms with Crippen LogP contribution in [0.15, 0.2) is 30.3 Å². The molecule has 0 fully saturated rings. The van der Waals surface area contributed by atoms with Gasteiger partial charge in [0.05, 0.1) is 5.92 Å². The molecular weight excluding hydrogens is 218 g/mol. The van der Waals surface area contributed by atoms with E-state index in [-0.39, 0.29) is 12.3 Å². The lowest BCUT2D eigenvalue weighted by molar-refractivity contribution is -0.139. The Morgan fingerprint density at radius 2 is 1.94 bits per heavy atom. The minimum absolute atomic E-state index is 0.102. The maximum atomic E-state index is 11.3. The van der Waals surface area contributed by atoms with E-state index >= 15 is 0 Å². The van der Waals surface area contributed by atoms with Crippen LogP contribution >= 0.6 is 0 Å². The Labute approximate surface area is 101 Å². The fourth-order valence-electron chi connectivity index (χ4n) is 1.68. The summed E-state index contributed by atoms with van der Waals surface area (Å²) in [6, 6.07) is 8.99. The predicted octanol–water partition coefficient (Wildman–Crippen LogP) is 1.77. The van der Waals surface area contributed by atoms with E-state index in [4.69, 9.17) is 5.11 Å². The molecule has 0 bridgehead atoms. The molecule has 2 N–H and O–H groups in total. The summed E-state index contributed by atoms with van der Waals surface area (Å²) in [6.07, 6.45) is 0.560. The zero-order valence-corrected chi connectivity index (χ0v) is 9.85. The third-order valence-corrected chi connectivity index (χ3v) is 2.53. The van der Waals surface area contributed by atoms with Gasteiger partial charge in [0.2, 0.25) is 5.91 Å². The maximum absolute atomic E-state index is 11.3. The Hall–Kier alpha value is -1.84. The van der Waals surface area contributed by atoms with Crippen molar-refractivity contribution in [1.29, 1.82) is 0 Å². The van der Waals surface area contributed by atoms with Gasteiger partial charge in [-0.25, -0.2) is 0 Å². The molecule has 0 aromatic heterocycles. The van der Waals surface area contributed by atoms with E-state index < -0.39 is 11.9 Å². The number of nitrogens with one attached hydrogen (secondary N) is 1. The number of carboxylic acids is 1. The number of hydrogen-bond acceptors (Lipinski definition) is 2. The minimum Gasteiger partial charge on any atom is -0.481 e. The zero-order valence-electron chi connectivity index (χ0n) is 9.85. The highest BCUT2D eigenvalue weighted by Crippen LogP contribution is 2.21. The summed E-state index contributed by atoms with van der Waals surface area (Å²) in [5.74, 6) is -1.60. The molecule has 0 heterocycles. The summed E-state index contributed by atoms with van der Waals surface area (Å²) in [5, 5.41) is 11.8. The molecule has 1 aromatic rings. The third-order valence-electron chi connectivity index (χ3n) is 2.53. The zero-order chi connectivity index (χ0) is 12.7. The topological polar surface area (TPSA) is 66.4 Å². The Morgan fingerprint density at radius 3 is 2.47 bits per heavy atom. The first-order valence-electron chi connectivity index (χ1n) is 5.69. The van der Waals surface area contributed by atoms with Crippen LogP contribution in [-0.2, 0) is 9.59 Å². The molecular formula is C13H17NO3. The number of amides is 1. The van der Waals surface area contributed by atoms with Crippen LogP contribution in [0.3, 0.4) is 0 Å². The van der Waals surface area contributed by atoms with Gasteiger partial charge in [0, 0.05) is 13.0 Å². The van der Waals surface area contributed by atoms with Crippen LogP contribution in [0.2, 0.25) is 0 Å². The van der Waals surface area contributed by atoms with Gasteiger partial charge in [0.25, 0.3) is 0 Å². The van der Waals surface area contributed by atoms with Crippen molar-refractivity contribution in [2.75, 3.05) is 6.54 Å². The molecule has 0 aliphatic heterocycles. The molecule has 4 nitrogen and oxygen atoms in total. The average molecular weight is 235 g/mol. The largest absolute Gasteiger partial charge is 0.481 e. The molecule has 1 unspecified atom stereocenters. The van der Waals surface area contributed by atoms with Crippen molar-refractivity contribution in [2.24, 2.45) is 0 Å². The van der Waals surface area contributed by atoms with E-state index in [0.717, 1.165) is 5.56 Å². The van der Waals surface area contributed by atoms with Gasteiger partial charge >= 0.3 is 5.97 Å². The molecule has 1 amide bonds. The van der Waals surface area contributed by atoms with Crippen LogP contribution in [0.5, 0.6) is 0 Å². The van der Waals surface area contributed by atoms with E-state index in [2.05, 4.69) is 5.32 Å². The lowest BCUT2D eigenvalue weighted by Gasteiger charge is -2.12. The van der Waals surface area contributed by atoms with Gasteiger partial charge in [-0.3, -0.25) is 9.59 Å². The van der Waals surface area contributed by atoms with Crippen molar-refractivity contribution in [1.82, 2.24) is 5.32 Å². The molecule has 0 saturated carbocycles. The molecule has 0 radical (unpaired) electrons. The van der Waals surface area contributed by atoms with Crippen LogP contribution in [0.1, 0.15) is 31.2 Å². The Bertz CT molecular complexity index is 376. The fraction of sp³-hybridized carbons (Fsp3) is 0.385. The monoisotopic (exact) mass is 235 g/mol. The summed E-state index contributed by atoms with van der Waals surface area (Å²) in [5.41, 5.74) is 0.740. The SMILES string of the molecule is CCNC(=O)CCC(C(=O)O)c1ccccc1. The molecule has 0 spiro atoms. The second-order valence-electron chi connectivity index (χ2n) is 3.79. The van der Waals surface area contributed by atoms with Crippen molar-refractivity contribution < 1.29 is 14.7 Å². The second kappa shape index (κ2) is 6.68. The third kappa shape index (κ3) is 4.26. The first-order valence-corrected chi connectivity index (χ1v) is 5.69. The predicted molar refractivity (Wildman–Crippen MR) is 64.7 cm³/mol. The van der Waals surface area contributed by atoms with Gasteiger partial charge in [-0.05, 0) is 18.9 Å². The van der Waals surface area contributed by atoms with Crippen LogP contribution in [-0.4, -0.2) is 23.5 Å². The summed E-state index contributed by atoms with van der Waals surface area (Å²) < 4.78 is 0. The Balaban J connectivity index is 2.62. The van der Waals surface area contributed by atoms with Gasteiger partial charge in [0.15, 0.2) is 0 Å². The standard InChI is InChI=1S/C13H17NO3/c1-2-14-12(15)9-8-11(13(16)17)10-6-4-3-5-7-10/h3-7,11H,2,8-9H2,1H3,(H,14,15)(H,16,17). The molecule has 1 aromatic carbocycles. The van der Waals surface area contributed by atoms with Crippen LogP contribution in [0, 0.1) is 0 Å². The Kier molecular flexibility index (Phi) is 5.20. The molecule has 17 heavy (non-hydrogen) atoms. The lowest BCUT2D eigenvalue weighted by atomic mass is 9.94. The van der Waals surface area contributed by atoms with Gasteiger partial charge in [-0.2, -0.15) is 0 Å². The molecule has 1 atom stereocenters. The number of carbonyl (C=O) groups is 2. The highest BCUT2D eigenvalue weighted by Gasteiger charge is 2.20. The highest BCUT2D eigenvalue weighted by molar-refractivity contribution is 5.79. The fourth-order valence-corrected chi connectivity index (χ4v) is 1.68. The van der Waals surface area contributed by atoms with E-state index in [0.29, 0.717) is 13.0 Å². The van der Waals surface area contributed by atoms with Crippen molar-refractivity contribution in [3.05, 3.63) is 35.9 Å². The van der Waals surface area contributed by atoms with E-state index in [1.165, 1.54) is 0 Å². The number of rotatable bonds is 6. The average Bonchev–Trinajstić information content (AvgIpc) is 2.30. The molecule has 0 aliphatic rings. The molecule has 1 rings (SSSR count). The summed E-state index contributed by atoms with van der Waals surface area (Å²) >= 11 is 0. The van der Waals surface area contributed by atoms with Gasteiger partial charge in [-0.15, -0.1) is 0 Å². The lowest BCUT2D eigenvalue weighted by Crippen LogP contribution is -2.24. The first-order chi connectivity index (χ1) is 8.15. The van der Waals surface area contributed by atoms with Crippen LogP contribution in [0.25, 0.3) is 0 Å². The maximum Gasteiger partial charge on any atom is 0.310 e. The number of carbonyl (C=O) groups excluding carboxylic acids is 1. The minimum atomic E-state index is -0.888. The molecule has 0 saturated heterocycles. The summed E-state index contributed by atoms with van der Waals surface area (Å²) in [7, 11) is 0. The number of carboxylic acid groups (broad SMARTS) is 1. The van der Waals surface area contributed by atoms with Crippen molar-refractivity contribution >= 4 is 11.9 Å². The van der Waals surface area contributed by atoms with Crippen molar-refractivity contribution in [2.45, 2.75) is 25.7 Å². The van der Waals surface area contributed by atoms with Crippen LogP contribution in [0.4, 0.5) is 0 Å². The number of aliphatic carboxylic acids is 1.